The molecule has 0 unspecified atom stereocenters. The molecule has 3 nitrogen and oxygen atoms in total. The Balaban J connectivity index is 1.78. The molecule has 1 amide bonds. The van der Waals surface area contributed by atoms with Crippen molar-refractivity contribution in [1.82, 2.24) is 4.90 Å². The van der Waals surface area contributed by atoms with Crippen LogP contribution in [-0.2, 0) is 4.79 Å². The van der Waals surface area contributed by atoms with Crippen LogP contribution in [0.2, 0.25) is 0 Å². The molecule has 0 bridgehead atoms. The summed E-state index contributed by atoms with van der Waals surface area (Å²) in [5, 5.41) is 0. The molecule has 2 fully saturated rings. The van der Waals surface area contributed by atoms with Crippen LogP contribution in [0.5, 0.6) is 0 Å². The van der Waals surface area contributed by atoms with Crippen molar-refractivity contribution < 1.29 is 4.79 Å². The Morgan fingerprint density at radius 3 is 2.60 bits per heavy atom. The van der Waals surface area contributed by atoms with Gasteiger partial charge in [0.25, 0.3) is 0 Å². The van der Waals surface area contributed by atoms with Gasteiger partial charge in [-0.3, -0.25) is 4.79 Å². The van der Waals surface area contributed by atoms with Crippen molar-refractivity contribution >= 4 is 5.91 Å². The van der Waals surface area contributed by atoms with Crippen molar-refractivity contribution in [2.45, 2.75) is 51.0 Å². The average molecular weight is 210 g/mol. The first-order chi connectivity index (χ1) is 7.25. The summed E-state index contributed by atoms with van der Waals surface area (Å²) in [5.41, 5.74) is 5.88. The molecule has 1 aliphatic heterocycles. The maximum absolute atomic E-state index is 12.0. The molecule has 1 aliphatic carbocycles. The molecule has 15 heavy (non-hydrogen) atoms. The van der Waals surface area contributed by atoms with Gasteiger partial charge >= 0.3 is 0 Å². The van der Waals surface area contributed by atoms with Crippen LogP contribution in [0, 0.1) is 5.92 Å². The summed E-state index contributed by atoms with van der Waals surface area (Å²) >= 11 is 0. The first kappa shape index (κ1) is 10.9. The highest BCUT2D eigenvalue weighted by Crippen LogP contribution is 2.28. The summed E-state index contributed by atoms with van der Waals surface area (Å²) in [6.07, 6.45) is 8.07. The minimum atomic E-state index is 0.214. The molecule has 0 radical (unpaired) electrons. The lowest BCUT2D eigenvalue weighted by molar-refractivity contribution is -0.133. The lowest BCUT2D eigenvalue weighted by Crippen LogP contribution is -2.46. The van der Waals surface area contributed by atoms with Crippen LogP contribution in [0.15, 0.2) is 0 Å². The van der Waals surface area contributed by atoms with Crippen molar-refractivity contribution in [2.24, 2.45) is 11.7 Å². The van der Waals surface area contributed by atoms with Gasteiger partial charge in [-0.15, -0.1) is 0 Å². The second-order valence-electron chi connectivity index (χ2n) is 5.10. The van der Waals surface area contributed by atoms with Crippen molar-refractivity contribution in [3.63, 3.8) is 0 Å². The van der Waals surface area contributed by atoms with Crippen molar-refractivity contribution in [1.29, 1.82) is 0 Å². The molecule has 2 rings (SSSR count). The maximum atomic E-state index is 12.0. The van der Waals surface area contributed by atoms with Gasteiger partial charge in [0.05, 0.1) is 0 Å². The number of carbonyl (C=O) groups is 1. The van der Waals surface area contributed by atoms with Gasteiger partial charge in [0.1, 0.15) is 0 Å². The van der Waals surface area contributed by atoms with Gasteiger partial charge in [-0.1, -0.05) is 12.8 Å². The van der Waals surface area contributed by atoms with Crippen LogP contribution < -0.4 is 5.73 Å². The topological polar surface area (TPSA) is 46.3 Å². The number of rotatable bonds is 2. The number of piperidine rings is 1. The Kier molecular flexibility index (Phi) is 3.62. The normalized spacial score (nSPS) is 28.3. The van der Waals surface area contributed by atoms with Crippen LogP contribution in [0.1, 0.15) is 44.9 Å². The Morgan fingerprint density at radius 1 is 1.20 bits per heavy atom. The van der Waals surface area contributed by atoms with E-state index < -0.39 is 0 Å². The lowest BCUT2D eigenvalue weighted by Gasteiger charge is -2.31. The number of hydrogen-bond acceptors (Lipinski definition) is 2. The van der Waals surface area contributed by atoms with Gasteiger partial charge in [0.2, 0.25) is 5.91 Å². The van der Waals surface area contributed by atoms with E-state index in [4.69, 9.17) is 5.73 Å². The first-order valence-corrected chi connectivity index (χ1v) is 6.29. The van der Waals surface area contributed by atoms with E-state index in [9.17, 15) is 4.79 Å². The van der Waals surface area contributed by atoms with Crippen LogP contribution in [0.25, 0.3) is 0 Å². The Labute approximate surface area is 92.0 Å². The van der Waals surface area contributed by atoms with E-state index in [1.807, 2.05) is 4.90 Å². The zero-order valence-corrected chi connectivity index (χ0v) is 9.45. The van der Waals surface area contributed by atoms with Crippen LogP contribution in [-0.4, -0.2) is 29.9 Å². The van der Waals surface area contributed by atoms with Crippen LogP contribution in [0.3, 0.4) is 0 Å². The zero-order valence-electron chi connectivity index (χ0n) is 9.45. The van der Waals surface area contributed by atoms with E-state index in [2.05, 4.69) is 0 Å². The molecule has 3 heteroatoms. The molecule has 0 aromatic rings. The number of likely N-dealkylation sites (tertiary alicyclic amines) is 1. The smallest absolute Gasteiger partial charge is 0.222 e. The van der Waals surface area contributed by atoms with Crippen molar-refractivity contribution in [2.75, 3.05) is 13.1 Å². The second kappa shape index (κ2) is 4.97. The lowest BCUT2D eigenvalue weighted by atomic mass is 10.0. The number of nitrogens with two attached hydrogens (primary N) is 1. The molecular formula is C12H22N2O. The molecule has 86 valence electrons. The third kappa shape index (κ3) is 2.94. The van der Waals surface area contributed by atoms with E-state index in [1.54, 1.807) is 0 Å². The van der Waals surface area contributed by atoms with E-state index in [1.165, 1.54) is 25.7 Å². The summed E-state index contributed by atoms with van der Waals surface area (Å²) in [6, 6.07) is 0.214. The minimum Gasteiger partial charge on any atom is -0.341 e. The molecule has 1 heterocycles. The molecule has 2 aliphatic rings. The molecule has 0 aromatic heterocycles. The monoisotopic (exact) mass is 210 g/mol. The predicted molar refractivity (Wildman–Crippen MR) is 60.4 cm³/mol. The zero-order chi connectivity index (χ0) is 10.7. The quantitative estimate of drug-likeness (QED) is 0.751. The van der Waals surface area contributed by atoms with E-state index in [-0.39, 0.29) is 6.04 Å². The fourth-order valence-electron chi connectivity index (χ4n) is 2.83. The maximum Gasteiger partial charge on any atom is 0.222 e. The van der Waals surface area contributed by atoms with Gasteiger partial charge < -0.3 is 10.6 Å². The Hall–Kier alpha value is -0.570. The van der Waals surface area contributed by atoms with Crippen molar-refractivity contribution in [3.05, 3.63) is 0 Å². The third-order valence-electron chi connectivity index (χ3n) is 3.75. The molecule has 1 saturated heterocycles. The highest BCUT2D eigenvalue weighted by molar-refractivity contribution is 5.76. The summed E-state index contributed by atoms with van der Waals surface area (Å²) in [6.45, 7) is 1.71. The third-order valence-corrected chi connectivity index (χ3v) is 3.75. The van der Waals surface area contributed by atoms with Gasteiger partial charge in [-0.2, -0.15) is 0 Å². The van der Waals surface area contributed by atoms with Gasteiger partial charge in [-0.25, -0.2) is 0 Å². The fraction of sp³-hybridized carbons (Fsp3) is 0.917. The highest BCUT2D eigenvalue weighted by Gasteiger charge is 2.25. The Bertz CT molecular complexity index is 224. The number of nitrogens with zero attached hydrogens (tertiary/aromatic N) is 1. The summed E-state index contributed by atoms with van der Waals surface area (Å²) in [4.78, 5) is 13.9. The Morgan fingerprint density at radius 2 is 1.93 bits per heavy atom. The van der Waals surface area contributed by atoms with E-state index in [0.29, 0.717) is 11.8 Å². The molecule has 2 N–H and O–H groups in total. The standard InChI is InChI=1S/C12H22N2O/c13-11-6-3-7-14(9-11)12(15)8-10-4-1-2-5-10/h10-11H,1-9,13H2/t11-/m1/s1. The van der Waals surface area contributed by atoms with Crippen molar-refractivity contribution in [3.8, 4) is 0 Å². The SMILES string of the molecule is N[C@@H]1CCCN(C(=O)CC2CCCC2)C1. The largest absolute Gasteiger partial charge is 0.341 e. The fourth-order valence-corrected chi connectivity index (χ4v) is 2.83. The van der Waals surface area contributed by atoms with Gasteiger partial charge in [0.15, 0.2) is 0 Å². The first-order valence-electron chi connectivity index (χ1n) is 6.29. The van der Waals surface area contributed by atoms with Gasteiger partial charge in [0, 0.05) is 25.6 Å². The number of hydrogen-bond donors (Lipinski definition) is 1. The molecule has 1 atom stereocenters. The van der Waals surface area contributed by atoms with Crippen LogP contribution in [0.4, 0.5) is 0 Å². The summed E-state index contributed by atoms with van der Waals surface area (Å²) < 4.78 is 0. The number of amides is 1. The van der Waals surface area contributed by atoms with Gasteiger partial charge in [-0.05, 0) is 31.6 Å². The molecular weight excluding hydrogens is 188 g/mol. The summed E-state index contributed by atoms with van der Waals surface area (Å²) in [5.74, 6) is 1.01. The number of carbonyl (C=O) groups excluding carboxylic acids is 1. The molecule has 0 spiro atoms. The minimum absolute atomic E-state index is 0.214. The van der Waals surface area contributed by atoms with E-state index >= 15 is 0 Å². The second-order valence-corrected chi connectivity index (χ2v) is 5.10. The summed E-state index contributed by atoms with van der Waals surface area (Å²) in [7, 11) is 0. The average Bonchev–Trinajstić information content (AvgIpc) is 2.70. The van der Waals surface area contributed by atoms with E-state index in [0.717, 1.165) is 32.4 Å². The molecule has 1 saturated carbocycles. The highest BCUT2D eigenvalue weighted by atomic mass is 16.2. The predicted octanol–water partition coefficient (Wildman–Crippen LogP) is 1.52. The van der Waals surface area contributed by atoms with Crippen LogP contribution >= 0.6 is 0 Å². The molecule has 0 aromatic carbocycles.